The Hall–Kier alpha value is -3.89. The van der Waals surface area contributed by atoms with Gasteiger partial charge in [0.2, 0.25) is 5.95 Å². The van der Waals surface area contributed by atoms with E-state index in [2.05, 4.69) is 45.9 Å². The molecule has 2 aromatic heterocycles. The molecular formula is C34H45FN8O. The van der Waals surface area contributed by atoms with Crippen LogP contribution in [0.1, 0.15) is 61.5 Å². The smallest absolute Gasteiger partial charge is 0.229 e. The Balaban J connectivity index is 1.35. The van der Waals surface area contributed by atoms with Gasteiger partial charge in [0.1, 0.15) is 12.0 Å². The lowest BCUT2D eigenvalue weighted by atomic mass is 9.71. The summed E-state index contributed by atoms with van der Waals surface area (Å²) in [5, 5.41) is 6.90. The number of rotatable bonds is 11. The maximum absolute atomic E-state index is 14.2. The van der Waals surface area contributed by atoms with Crippen LogP contribution in [0.15, 0.2) is 61.3 Å². The molecule has 4 heterocycles. The molecule has 2 aliphatic rings. The second-order valence-corrected chi connectivity index (χ2v) is 12.4. The Bertz CT molecular complexity index is 1410. The molecule has 3 aromatic rings. The van der Waals surface area contributed by atoms with Gasteiger partial charge in [0.25, 0.3) is 0 Å². The Morgan fingerprint density at radius 3 is 2.36 bits per heavy atom. The molecule has 2 aliphatic heterocycles. The topological polar surface area (TPSA) is 80.7 Å². The van der Waals surface area contributed by atoms with E-state index < -0.39 is 12.1 Å². The second kappa shape index (κ2) is 13.8. The van der Waals surface area contributed by atoms with Gasteiger partial charge in [0.15, 0.2) is 12.1 Å². The van der Waals surface area contributed by atoms with Gasteiger partial charge in [-0.05, 0) is 94.6 Å². The van der Waals surface area contributed by atoms with Crippen molar-refractivity contribution in [3.63, 3.8) is 0 Å². The number of hydrogen-bond donors (Lipinski definition) is 1. The molecule has 2 atom stereocenters. The maximum atomic E-state index is 14.2. The number of anilines is 5. The number of pyridine rings is 1. The molecule has 10 heteroatoms. The van der Waals surface area contributed by atoms with Crippen molar-refractivity contribution < 1.29 is 9.18 Å². The third kappa shape index (κ3) is 7.08. The summed E-state index contributed by atoms with van der Waals surface area (Å²) in [6.45, 7) is 12.2. The summed E-state index contributed by atoms with van der Waals surface area (Å²) < 4.78 is 14.2. The second-order valence-electron chi connectivity index (χ2n) is 12.4. The molecule has 9 nitrogen and oxygen atoms in total. The lowest BCUT2D eigenvalue weighted by Gasteiger charge is -2.46. The number of carbonyl (C=O) groups excluding carboxylic acids is 1. The SMILES string of the molecule is C=CCN(C)N(c1cccc(C(C)C(C)F)n1)c1nc(Nc2ccc(N3CCC4(CCN(C)CC4)CC3)cc2)ncc1C=O. The molecule has 2 saturated heterocycles. The van der Waals surface area contributed by atoms with Crippen LogP contribution in [0.2, 0.25) is 0 Å². The lowest BCUT2D eigenvalue weighted by Crippen LogP contribution is -2.46. The van der Waals surface area contributed by atoms with Gasteiger partial charge < -0.3 is 15.1 Å². The molecule has 5 rings (SSSR count). The number of piperidine rings is 2. The van der Waals surface area contributed by atoms with Crippen molar-refractivity contribution in [1.82, 2.24) is 24.9 Å². The number of halogens is 1. The van der Waals surface area contributed by atoms with Crippen molar-refractivity contribution in [2.24, 2.45) is 5.41 Å². The molecule has 44 heavy (non-hydrogen) atoms. The molecule has 1 spiro atoms. The zero-order valence-electron chi connectivity index (χ0n) is 26.4. The summed E-state index contributed by atoms with van der Waals surface area (Å²) in [5.41, 5.74) is 3.50. The lowest BCUT2D eigenvalue weighted by molar-refractivity contribution is 0.0945. The third-order valence-corrected chi connectivity index (χ3v) is 9.35. The predicted molar refractivity (Wildman–Crippen MR) is 176 cm³/mol. The van der Waals surface area contributed by atoms with Crippen molar-refractivity contribution in [1.29, 1.82) is 0 Å². The highest BCUT2D eigenvalue weighted by molar-refractivity contribution is 5.84. The van der Waals surface area contributed by atoms with Crippen molar-refractivity contribution in [3.05, 3.63) is 72.6 Å². The molecule has 234 valence electrons. The summed E-state index contributed by atoms with van der Waals surface area (Å²) in [6, 6.07) is 13.8. The molecule has 2 fully saturated rings. The number of likely N-dealkylation sites (tertiary alicyclic amines) is 1. The van der Waals surface area contributed by atoms with Gasteiger partial charge in [0.05, 0.1) is 5.56 Å². The van der Waals surface area contributed by atoms with E-state index in [1.54, 1.807) is 18.0 Å². The van der Waals surface area contributed by atoms with Gasteiger partial charge in [-0.1, -0.05) is 19.1 Å². The molecule has 1 N–H and O–H groups in total. The minimum atomic E-state index is -1.06. The maximum Gasteiger partial charge on any atom is 0.229 e. The van der Waals surface area contributed by atoms with E-state index >= 15 is 0 Å². The third-order valence-electron chi connectivity index (χ3n) is 9.35. The van der Waals surface area contributed by atoms with Crippen molar-refractivity contribution in [2.75, 3.05) is 62.0 Å². The zero-order chi connectivity index (χ0) is 31.3. The van der Waals surface area contributed by atoms with E-state index in [0.717, 1.165) is 25.1 Å². The zero-order valence-corrected chi connectivity index (χ0v) is 26.4. The molecule has 0 aliphatic carbocycles. The Morgan fingerprint density at radius 2 is 1.73 bits per heavy atom. The van der Waals surface area contributed by atoms with E-state index in [1.165, 1.54) is 57.6 Å². The first-order valence-corrected chi connectivity index (χ1v) is 15.6. The van der Waals surface area contributed by atoms with Crippen molar-refractivity contribution >= 4 is 35.2 Å². The molecule has 0 radical (unpaired) electrons. The Kier molecular flexibility index (Phi) is 9.90. The van der Waals surface area contributed by atoms with E-state index in [4.69, 9.17) is 9.97 Å². The highest BCUT2D eigenvalue weighted by Crippen LogP contribution is 2.42. The van der Waals surface area contributed by atoms with Crippen molar-refractivity contribution in [3.8, 4) is 0 Å². The van der Waals surface area contributed by atoms with Crippen LogP contribution in [0.25, 0.3) is 0 Å². The standard InChI is InChI=1S/C34H45FN8O/c1-6-18-41(5)43(31-9-7-8-30(38-31)25(2)26(3)35)32-27(24-44)23-36-33(39-32)37-28-10-12-29(13-11-28)42-21-16-34(17-22-42)14-19-40(4)20-15-34/h6-13,23-26H,1,14-22H2,2-5H3,(H,36,37,39). The first-order chi connectivity index (χ1) is 21.2. The number of likely N-dealkylation sites (N-methyl/N-ethyl adjacent to an activating group) is 1. The van der Waals surface area contributed by atoms with Crippen LogP contribution >= 0.6 is 0 Å². The largest absolute Gasteiger partial charge is 0.371 e. The summed E-state index contributed by atoms with van der Waals surface area (Å²) >= 11 is 0. The van der Waals surface area contributed by atoms with Crippen LogP contribution in [-0.4, -0.2) is 84.1 Å². The predicted octanol–water partition coefficient (Wildman–Crippen LogP) is 6.37. The van der Waals surface area contributed by atoms with Gasteiger partial charge in [-0.25, -0.2) is 24.4 Å². The average Bonchev–Trinajstić information content (AvgIpc) is 3.03. The van der Waals surface area contributed by atoms with Gasteiger partial charge in [0, 0.05) is 55.9 Å². The molecule has 1 aromatic carbocycles. The van der Waals surface area contributed by atoms with Crippen LogP contribution in [0.4, 0.5) is 33.3 Å². The van der Waals surface area contributed by atoms with E-state index in [9.17, 15) is 9.18 Å². The number of nitrogens with zero attached hydrogens (tertiary/aromatic N) is 7. The van der Waals surface area contributed by atoms with Crippen LogP contribution in [0.5, 0.6) is 0 Å². The van der Waals surface area contributed by atoms with Gasteiger partial charge >= 0.3 is 0 Å². The number of hydrogen-bond acceptors (Lipinski definition) is 9. The fourth-order valence-corrected chi connectivity index (χ4v) is 6.17. The van der Waals surface area contributed by atoms with Crippen LogP contribution in [0, 0.1) is 5.41 Å². The van der Waals surface area contributed by atoms with E-state index in [0.29, 0.717) is 40.8 Å². The number of hydrazine groups is 1. The normalized spacial score (nSPS) is 18.2. The highest BCUT2D eigenvalue weighted by atomic mass is 19.1. The van der Waals surface area contributed by atoms with Gasteiger partial charge in [-0.15, -0.1) is 6.58 Å². The molecule has 0 amide bonds. The number of aldehydes is 1. The summed E-state index contributed by atoms with van der Waals surface area (Å²) in [4.78, 5) is 31.0. The van der Waals surface area contributed by atoms with Gasteiger partial charge in [-0.2, -0.15) is 4.98 Å². The molecule has 0 bridgehead atoms. The highest BCUT2D eigenvalue weighted by Gasteiger charge is 2.36. The van der Waals surface area contributed by atoms with Crippen molar-refractivity contribution in [2.45, 2.75) is 51.6 Å². The van der Waals surface area contributed by atoms with Crippen LogP contribution in [-0.2, 0) is 0 Å². The summed E-state index contributed by atoms with van der Waals surface area (Å²) in [7, 11) is 4.08. The Labute approximate surface area is 260 Å². The number of aromatic nitrogens is 3. The minimum Gasteiger partial charge on any atom is -0.371 e. The quantitative estimate of drug-likeness (QED) is 0.153. The van der Waals surface area contributed by atoms with E-state index in [1.807, 2.05) is 42.4 Å². The first-order valence-electron chi connectivity index (χ1n) is 15.6. The summed E-state index contributed by atoms with van der Waals surface area (Å²) in [5.74, 6) is 0.831. The number of carbonyl (C=O) groups is 1. The fourth-order valence-electron chi connectivity index (χ4n) is 6.17. The van der Waals surface area contributed by atoms with Crippen LogP contribution < -0.4 is 15.2 Å². The minimum absolute atomic E-state index is 0.299. The fraction of sp³-hybridized carbons (Fsp3) is 0.471. The molecule has 0 saturated carbocycles. The van der Waals surface area contributed by atoms with Crippen LogP contribution in [0.3, 0.4) is 0 Å². The number of alkyl halides is 1. The number of benzene rings is 1. The molecule has 2 unspecified atom stereocenters. The number of nitrogens with one attached hydrogen (secondary N) is 1. The first kappa shape index (κ1) is 31.5. The average molecular weight is 601 g/mol. The van der Waals surface area contributed by atoms with Gasteiger partial charge in [-0.3, -0.25) is 4.79 Å². The monoisotopic (exact) mass is 600 g/mol. The van der Waals surface area contributed by atoms with E-state index in [-0.39, 0.29) is 0 Å². The summed E-state index contributed by atoms with van der Waals surface area (Å²) in [6.07, 6.45) is 8.04. The molecular weight excluding hydrogens is 555 g/mol. The Morgan fingerprint density at radius 1 is 1.05 bits per heavy atom.